The molecule has 2 N–H and O–H groups in total. The monoisotopic (exact) mass is 279 g/mol. The SMILES string of the molecule is C=[N+]1[N-]NC2CCC(C(=O)O)(C3(C)CCCC3)CCC21. The second kappa shape index (κ2) is 4.72. The van der Waals surface area contributed by atoms with E-state index in [0.29, 0.717) is 0 Å². The van der Waals surface area contributed by atoms with Gasteiger partial charge in [0.05, 0.1) is 11.5 Å². The van der Waals surface area contributed by atoms with E-state index in [1.807, 2.05) is 0 Å². The molecule has 0 radical (unpaired) electrons. The van der Waals surface area contributed by atoms with Gasteiger partial charge < -0.3 is 16.1 Å². The molecule has 1 saturated heterocycles. The average molecular weight is 279 g/mol. The van der Waals surface area contributed by atoms with Gasteiger partial charge in [0.15, 0.2) is 6.04 Å². The van der Waals surface area contributed by atoms with Crippen molar-refractivity contribution < 1.29 is 14.6 Å². The number of hydrogen-bond donors (Lipinski definition) is 2. The molecule has 20 heavy (non-hydrogen) atoms. The number of hydrogen-bond acceptors (Lipinski definition) is 2. The molecule has 5 heteroatoms. The molecule has 1 aliphatic heterocycles. The highest BCUT2D eigenvalue weighted by Gasteiger charge is 2.56. The van der Waals surface area contributed by atoms with Gasteiger partial charge in [-0.1, -0.05) is 19.8 Å². The molecule has 0 aromatic rings. The van der Waals surface area contributed by atoms with Gasteiger partial charge in [0.2, 0.25) is 0 Å². The molecule has 0 aromatic carbocycles. The smallest absolute Gasteiger partial charge is 0.310 e. The van der Waals surface area contributed by atoms with Crippen LogP contribution in [0.15, 0.2) is 0 Å². The zero-order chi connectivity index (χ0) is 14.4. The average Bonchev–Trinajstić information content (AvgIpc) is 2.92. The van der Waals surface area contributed by atoms with Crippen LogP contribution in [0.25, 0.3) is 5.53 Å². The Labute approximate surface area is 120 Å². The van der Waals surface area contributed by atoms with Gasteiger partial charge in [-0.25, -0.2) is 0 Å². The normalized spacial score (nSPS) is 40.0. The number of fused-ring (bicyclic) bond motifs is 1. The van der Waals surface area contributed by atoms with Crippen LogP contribution in [-0.2, 0) is 4.79 Å². The summed E-state index contributed by atoms with van der Waals surface area (Å²) in [7, 11) is 0. The lowest BCUT2D eigenvalue weighted by Crippen LogP contribution is -2.45. The molecule has 2 saturated carbocycles. The van der Waals surface area contributed by atoms with Crippen molar-refractivity contribution in [1.82, 2.24) is 5.43 Å². The second-order valence-corrected chi connectivity index (χ2v) is 7.07. The summed E-state index contributed by atoms with van der Waals surface area (Å²) in [6.45, 7) is 6.13. The summed E-state index contributed by atoms with van der Waals surface area (Å²) in [4.78, 5) is 12.1. The van der Waals surface area contributed by atoms with E-state index >= 15 is 0 Å². The fourth-order valence-corrected chi connectivity index (χ4v) is 4.75. The fraction of sp³-hybridized carbons (Fsp3) is 0.867. The molecule has 0 amide bonds. The standard InChI is InChI=1S/C15H25N3O2/c1-14(7-3-4-8-14)15(13(19)20)9-5-11-12(6-10-15)18(2)17-16-11/h11-12,16H,2-10H2,1H3,(H,19,20). The van der Waals surface area contributed by atoms with Gasteiger partial charge in [-0.3, -0.25) is 9.48 Å². The van der Waals surface area contributed by atoms with Gasteiger partial charge in [-0.2, -0.15) is 0 Å². The highest BCUT2D eigenvalue weighted by atomic mass is 16.4. The summed E-state index contributed by atoms with van der Waals surface area (Å²) >= 11 is 0. The molecule has 3 fully saturated rings. The Morgan fingerprint density at radius 3 is 2.60 bits per heavy atom. The zero-order valence-corrected chi connectivity index (χ0v) is 12.3. The van der Waals surface area contributed by atoms with Crippen molar-refractivity contribution in [3.63, 3.8) is 0 Å². The van der Waals surface area contributed by atoms with Gasteiger partial charge >= 0.3 is 5.97 Å². The highest BCUT2D eigenvalue weighted by Crippen LogP contribution is 2.57. The Balaban J connectivity index is 1.89. The van der Waals surface area contributed by atoms with Crippen molar-refractivity contribution in [2.45, 2.75) is 70.4 Å². The van der Waals surface area contributed by atoms with Crippen LogP contribution in [-0.4, -0.2) is 34.6 Å². The van der Waals surface area contributed by atoms with Crippen molar-refractivity contribution in [2.75, 3.05) is 0 Å². The molecular weight excluding hydrogens is 254 g/mol. The predicted molar refractivity (Wildman–Crippen MR) is 76.6 cm³/mol. The quantitative estimate of drug-likeness (QED) is 0.763. The minimum absolute atomic E-state index is 0.0411. The summed E-state index contributed by atoms with van der Waals surface area (Å²) < 4.78 is 1.74. The molecule has 0 bridgehead atoms. The number of nitrogens with zero attached hydrogens (tertiary/aromatic N) is 2. The van der Waals surface area contributed by atoms with Crippen LogP contribution in [0.3, 0.4) is 0 Å². The maximum absolute atomic E-state index is 12.1. The highest BCUT2D eigenvalue weighted by molar-refractivity contribution is 5.76. The Morgan fingerprint density at radius 2 is 1.95 bits per heavy atom. The lowest BCUT2D eigenvalue weighted by molar-refractivity contribution is -0.497. The van der Waals surface area contributed by atoms with Crippen LogP contribution in [0, 0.1) is 10.8 Å². The third kappa shape index (κ3) is 1.86. The van der Waals surface area contributed by atoms with E-state index in [0.717, 1.165) is 38.5 Å². The summed E-state index contributed by atoms with van der Waals surface area (Å²) in [5.41, 5.74) is 6.68. The third-order valence-electron chi connectivity index (χ3n) is 6.22. The summed E-state index contributed by atoms with van der Waals surface area (Å²) in [5.74, 6) is -0.588. The maximum atomic E-state index is 12.1. The van der Waals surface area contributed by atoms with Crippen LogP contribution >= 0.6 is 0 Å². The van der Waals surface area contributed by atoms with E-state index in [1.54, 1.807) is 4.68 Å². The fourth-order valence-electron chi connectivity index (χ4n) is 4.75. The number of aliphatic carboxylic acids is 1. The molecule has 2 aliphatic carbocycles. The van der Waals surface area contributed by atoms with Crippen LogP contribution < -0.4 is 5.43 Å². The Hall–Kier alpha value is -1.10. The summed E-state index contributed by atoms with van der Waals surface area (Å²) in [5, 5.41) is 10.00. The van der Waals surface area contributed by atoms with Gasteiger partial charge in [-0.15, -0.1) is 0 Å². The largest absolute Gasteiger partial charge is 0.481 e. The molecule has 112 valence electrons. The number of rotatable bonds is 2. The molecule has 3 rings (SSSR count). The molecule has 1 heterocycles. The van der Waals surface area contributed by atoms with Crippen LogP contribution in [0.2, 0.25) is 0 Å². The van der Waals surface area contributed by atoms with Crippen molar-refractivity contribution >= 4 is 12.7 Å². The third-order valence-corrected chi connectivity index (χ3v) is 6.22. The number of nitrogens with one attached hydrogen (secondary N) is 1. The van der Waals surface area contributed by atoms with E-state index in [2.05, 4.69) is 24.6 Å². The van der Waals surface area contributed by atoms with Gasteiger partial charge in [-0.05, 0) is 37.5 Å². The summed E-state index contributed by atoms with van der Waals surface area (Å²) in [6, 6.07) is 0.514. The Bertz CT molecular complexity index is 431. The molecule has 0 aromatic heterocycles. The van der Waals surface area contributed by atoms with E-state index < -0.39 is 11.4 Å². The van der Waals surface area contributed by atoms with Gasteiger partial charge in [0.1, 0.15) is 6.72 Å². The van der Waals surface area contributed by atoms with Crippen molar-refractivity contribution in [2.24, 2.45) is 10.8 Å². The second-order valence-electron chi connectivity index (χ2n) is 7.07. The van der Waals surface area contributed by atoms with E-state index in [1.165, 1.54) is 12.8 Å². The molecule has 3 atom stereocenters. The van der Waals surface area contributed by atoms with Gasteiger partial charge in [0, 0.05) is 6.42 Å². The van der Waals surface area contributed by atoms with E-state index in [4.69, 9.17) is 0 Å². The molecule has 0 spiro atoms. The Morgan fingerprint density at radius 1 is 1.30 bits per heavy atom. The van der Waals surface area contributed by atoms with Crippen LogP contribution in [0.1, 0.15) is 58.3 Å². The minimum Gasteiger partial charge on any atom is -0.481 e. The first kappa shape index (κ1) is 13.9. The molecule has 5 nitrogen and oxygen atoms in total. The lowest BCUT2D eigenvalue weighted by Gasteiger charge is -2.43. The number of carboxylic acids is 1. The minimum atomic E-state index is -0.588. The Kier molecular flexibility index (Phi) is 3.27. The van der Waals surface area contributed by atoms with Crippen LogP contribution in [0.5, 0.6) is 0 Å². The molecule has 3 aliphatic rings. The summed E-state index contributed by atoms with van der Waals surface area (Å²) in [6.07, 6.45) is 7.72. The maximum Gasteiger partial charge on any atom is 0.310 e. The van der Waals surface area contributed by atoms with Crippen LogP contribution in [0.4, 0.5) is 0 Å². The van der Waals surface area contributed by atoms with Crippen molar-refractivity contribution in [1.29, 1.82) is 0 Å². The topological polar surface area (TPSA) is 66.4 Å². The van der Waals surface area contributed by atoms with E-state index in [-0.39, 0.29) is 17.5 Å². The molecule has 3 unspecified atom stereocenters. The first-order valence-electron chi connectivity index (χ1n) is 7.78. The number of carbonyl (C=O) groups is 1. The first-order valence-corrected chi connectivity index (χ1v) is 7.78. The molecular formula is C15H25N3O2. The van der Waals surface area contributed by atoms with Crippen molar-refractivity contribution in [3.8, 4) is 0 Å². The first-order chi connectivity index (χ1) is 9.48. The lowest BCUT2D eigenvalue weighted by atomic mass is 9.59. The van der Waals surface area contributed by atoms with E-state index in [9.17, 15) is 9.90 Å². The zero-order valence-electron chi connectivity index (χ0n) is 12.3. The predicted octanol–water partition coefficient (Wildman–Crippen LogP) is 2.47. The van der Waals surface area contributed by atoms with Gasteiger partial charge in [0.25, 0.3) is 0 Å². The van der Waals surface area contributed by atoms with Crippen molar-refractivity contribution in [3.05, 3.63) is 5.53 Å². The number of carboxylic acid groups (broad SMARTS) is 1.